The monoisotopic (exact) mass is 301 g/mol. The maximum atomic E-state index is 11.8. The summed E-state index contributed by atoms with van der Waals surface area (Å²) in [6.07, 6.45) is 0. The molecule has 0 saturated heterocycles. The molecule has 2 aromatic rings. The van der Waals surface area contributed by atoms with E-state index < -0.39 is 0 Å². The second kappa shape index (κ2) is 7.50. The number of rotatable bonds is 4. The zero-order valence-electron chi connectivity index (χ0n) is 11.5. The van der Waals surface area contributed by atoms with Gasteiger partial charge in [-0.3, -0.25) is 9.59 Å². The minimum atomic E-state index is -0.348. The van der Waals surface area contributed by atoms with Crippen molar-refractivity contribution in [1.29, 1.82) is 0 Å². The molecular weight excluding hydrogens is 286 g/mol. The molecule has 0 aliphatic heterocycles. The van der Waals surface area contributed by atoms with Crippen molar-refractivity contribution in [2.75, 3.05) is 5.32 Å². The molecule has 5 heteroatoms. The van der Waals surface area contributed by atoms with Gasteiger partial charge in [-0.1, -0.05) is 42.1 Å². The van der Waals surface area contributed by atoms with Crippen molar-refractivity contribution in [2.24, 2.45) is 0 Å². The fourth-order valence-electron chi connectivity index (χ4n) is 1.64. The summed E-state index contributed by atoms with van der Waals surface area (Å²) in [4.78, 5) is 22.6. The lowest BCUT2D eigenvalue weighted by molar-refractivity contribution is -0.131. The van der Waals surface area contributed by atoms with E-state index in [2.05, 4.69) is 5.32 Å². The minimum Gasteiger partial charge on any atom is -0.427 e. The number of hydrogen-bond acceptors (Lipinski definition) is 4. The molecule has 108 valence electrons. The Kier molecular flexibility index (Phi) is 5.40. The number of carbonyl (C=O) groups excluding carboxylic acids is 2. The first kappa shape index (κ1) is 15.1. The van der Waals surface area contributed by atoms with Gasteiger partial charge in [0.15, 0.2) is 0 Å². The van der Waals surface area contributed by atoms with E-state index in [0.717, 1.165) is 11.3 Å². The summed E-state index contributed by atoms with van der Waals surface area (Å²) in [5.41, 5.74) is 1.76. The van der Waals surface area contributed by atoms with Gasteiger partial charge >= 0.3 is 5.97 Å². The first-order chi connectivity index (χ1) is 10.1. The molecule has 2 aromatic carbocycles. The number of benzene rings is 2. The summed E-state index contributed by atoms with van der Waals surface area (Å²) in [7, 11) is 0. The predicted molar refractivity (Wildman–Crippen MR) is 84.5 cm³/mol. The SMILES string of the molecule is CC(=O)Oc1ccc(CSC(=O)Nc2ccccc2)cc1. The number of carbonyl (C=O) groups is 2. The maximum Gasteiger partial charge on any atom is 0.308 e. The van der Waals surface area contributed by atoms with Crippen LogP contribution >= 0.6 is 11.8 Å². The summed E-state index contributed by atoms with van der Waals surface area (Å²) < 4.78 is 4.95. The van der Waals surface area contributed by atoms with Crippen molar-refractivity contribution < 1.29 is 14.3 Å². The van der Waals surface area contributed by atoms with Gasteiger partial charge in [0.1, 0.15) is 5.75 Å². The van der Waals surface area contributed by atoms with E-state index >= 15 is 0 Å². The van der Waals surface area contributed by atoms with Crippen LogP contribution in [0.25, 0.3) is 0 Å². The number of thioether (sulfide) groups is 1. The van der Waals surface area contributed by atoms with Crippen LogP contribution in [0.15, 0.2) is 54.6 Å². The molecule has 0 fully saturated rings. The predicted octanol–water partition coefficient (Wildman–Crippen LogP) is 4.08. The zero-order chi connectivity index (χ0) is 15.1. The number of hydrogen-bond donors (Lipinski definition) is 1. The van der Waals surface area contributed by atoms with Crippen LogP contribution in [-0.2, 0) is 10.5 Å². The summed E-state index contributed by atoms with van der Waals surface area (Å²) in [6, 6.07) is 16.4. The number of anilines is 1. The van der Waals surface area contributed by atoms with E-state index in [1.54, 1.807) is 12.1 Å². The molecule has 0 aliphatic rings. The Morgan fingerprint density at radius 2 is 1.71 bits per heavy atom. The molecule has 0 bridgehead atoms. The fraction of sp³-hybridized carbons (Fsp3) is 0.125. The van der Waals surface area contributed by atoms with Crippen LogP contribution < -0.4 is 10.1 Å². The van der Waals surface area contributed by atoms with Crippen LogP contribution in [0.4, 0.5) is 10.5 Å². The number of ether oxygens (including phenoxy) is 1. The van der Waals surface area contributed by atoms with Crippen LogP contribution in [0.5, 0.6) is 5.75 Å². The third-order valence-electron chi connectivity index (χ3n) is 2.58. The second-order valence-corrected chi connectivity index (χ2v) is 5.25. The van der Waals surface area contributed by atoms with Crippen molar-refractivity contribution in [3.63, 3.8) is 0 Å². The van der Waals surface area contributed by atoms with Gasteiger partial charge in [0.05, 0.1) is 0 Å². The lowest BCUT2D eigenvalue weighted by atomic mass is 10.2. The first-order valence-corrected chi connectivity index (χ1v) is 7.38. The van der Waals surface area contributed by atoms with Gasteiger partial charge in [-0.25, -0.2) is 0 Å². The van der Waals surface area contributed by atoms with Gasteiger partial charge < -0.3 is 10.1 Å². The lowest BCUT2D eigenvalue weighted by Gasteiger charge is -2.05. The van der Waals surface area contributed by atoms with E-state index in [-0.39, 0.29) is 11.2 Å². The second-order valence-electron chi connectivity index (χ2n) is 4.30. The fourth-order valence-corrected chi connectivity index (χ4v) is 2.32. The number of para-hydroxylation sites is 1. The molecule has 0 heterocycles. The summed E-state index contributed by atoms with van der Waals surface area (Å²) in [6.45, 7) is 1.36. The van der Waals surface area contributed by atoms with Gasteiger partial charge in [-0.2, -0.15) is 0 Å². The molecule has 0 saturated carbocycles. The van der Waals surface area contributed by atoms with E-state index in [1.807, 2.05) is 42.5 Å². The first-order valence-electron chi connectivity index (χ1n) is 6.39. The molecule has 0 radical (unpaired) electrons. The lowest BCUT2D eigenvalue weighted by Crippen LogP contribution is -2.05. The third kappa shape index (κ3) is 5.31. The Balaban J connectivity index is 1.82. The minimum absolute atomic E-state index is 0.106. The summed E-state index contributed by atoms with van der Waals surface area (Å²) in [5, 5.41) is 2.70. The normalized spacial score (nSPS) is 9.95. The van der Waals surface area contributed by atoms with Crippen molar-refractivity contribution in [3.8, 4) is 5.75 Å². The number of amides is 1. The molecule has 1 N–H and O–H groups in total. The quantitative estimate of drug-likeness (QED) is 0.683. The Bertz CT molecular complexity index is 611. The highest BCUT2D eigenvalue weighted by Crippen LogP contribution is 2.19. The van der Waals surface area contributed by atoms with Crippen LogP contribution in [-0.4, -0.2) is 11.2 Å². The average molecular weight is 301 g/mol. The van der Waals surface area contributed by atoms with Crippen LogP contribution in [0, 0.1) is 0 Å². The molecule has 0 spiro atoms. The number of nitrogens with one attached hydrogen (secondary N) is 1. The van der Waals surface area contributed by atoms with Crippen molar-refractivity contribution in [2.45, 2.75) is 12.7 Å². The van der Waals surface area contributed by atoms with Crippen LogP contribution in [0.3, 0.4) is 0 Å². The van der Waals surface area contributed by atoms with Gasteiger partial charge in [0.25, 0.3) is 5.24 Å². The van der Waals surface area contributed by atoms with Crippen molar-refractivity contribution >= 4 is 28.7 Å². The van der Waals surface area contributed by atoms with Crippen molar-refractivity contribution in [3.05, 3.63) is 60.2 Å². The molecule has 4 nitrogen and oxygen atoms in total. The smallest absolute Gasteiger partial charge is 0.308 e. The van der Waals surface area contributed by atoms with Gasteiger partial charge in [-0.15, -0.1) is 0 Å². The maximum absolute atomic E-state index is 11.8. The van der Waals surface area contributed by atoms with Crippen LogP contribution in [0.2, 0.25) is 0 Å². The highest BCUT2D eigenvalue weighted by molar-refractivity contribution is 8.13. The Morgan fingerprint density at radius 3 is 2.33 bits per heavy atom. The van der Waals surface area contributed by atoms with Crippen molar-refractivity contribution in [1.82, 2.24) is 0 Å². The number of esters is 1. The van der Waals surface area contributed by atoms with E-state index in [4.69, 9.17) is 4.74 Å². The van der Waals surface area contributed by atoms with Gasteiger partial charge in [-0.05, 0) is 29.8 Å². The van der Waals surface area contributed by atoms with E-state index in [9.17, 15) is 9.59 Å². The third-order valence-corrected chi connectivity index (χ3v) is 3.42. The molecule has 1 amide bonds. The van der Waals surface area contributed by atoms with E-state index in [1.165, 1.54) is 18.7 Å². The zero-order valence-corrected chi connectivity index (χ0v) is 12.4. The van der Waals surface area contributed by atoms with Crippen LogP contribution in [0.1, 0.15) is 12.5 Å². The topological polar surface area (TPSA) is 55.4 Å². The molecule has 0 unspecified atom stereocenters. The molecule has 0 atom stereocenters. The standard InChI is InChI=1S/C16H15NO3S/c1-12(18)20-15-9-7-13(8-10-15)11-21-16(19)17-14-5-3-2-4-6-14/h2-10H,11H2,1H3,(H,17,19). The Labute approximate surface area is 127 Å². The largest absolute Gasteiger partial charge is 0.427 e. The summed E-state index contributed by atoms with van der Waals surface area (Å²) >= 11 is 1.19. The van der Waals surface area contributed by atoms with Gasteiger partial charge in [0.2, 0.25) is 0 Å². The van der Waals surface area contributed by atoms with E-state index in [0.29, 0.717) is 11.5 Å². The molecule has 0 aliphatic carbocycles. The molecule has 21 heavy (non-hydrogen) atoms. The highest BCUT2D eigenvalue weighted by Gasteiger charge is 2.04. The molecule has 0 aromatic heterocycles. The molecule has 2 rings (SSSR count). The Morgan fingerprint density at radius 1 is 1.05 bits per heavy atom. The average Bonchev–Trinajstić information content (AvgIpc) is 2.47. The highest BCUT2D eigenvalue weighted by atomic mass is 32.2. The Hall–Kier alpha value is -2.27. The summed E-state index contributed by atoms with van der Waals surface area (Å²) in [5.74, 6) is 0.711. The molecular formula is C16H15NO3S. The van der Waals surface area contributed by atoms with Gasteiger partial charge in [0, 0.05) is 18.4 Å².